The second kappa shape index (κ2) is 9.93. The average molecular weight is 471 g/mol. The predicted octanol–water partition coefficient (Wildman–Crippen LogP) is 5.10. The summed E-state index contributed by atoms with van der Waals surface area (Å²) in [5.74, 6) is 1.14. The van der Waals surface area contributed by atoms with Crippen LogP contribution in [0.15, 0.2) is 84.0 Å². The van der Waals surface area contributed by atoms with Crippen molar-refractivity contribution >= 4 is 23.4 Å². The highest BCUT2D eigenvalue weighted by molar-refractivity contribution is 8.00. The van der Waals surface area contributed by atoms with E-state index in [1.807, 2.05) is 67.6 Å². The highest BCUT2D eigenvalue weighted by Crippen LogP contribution is 2.34. The zero-order valence-corrected chi connectivity index (χ0v) is 19.3. The SMILES string of the molecule is C[C@@H](Sc1nnc(-c2ccccc2)c(-c2ccccc2)n1)C(=O)Nc1ccc2c(c1)OCCO2. The van der Waals surface area contributed by atoms with Crippen LogP contribution < -0.4 is 14.8 Å². The number of benzene rings is 3. The molecule has 0 fully saturated rings. The van der Waals surface area contributed by atoms with Crippen LogP contribution in [0.3, 0.4) is 0 Å². The Morgan fingerprint density at radius 3 is 2.21 bits per heavy atom. The number of ether oxygens (including phenoxy) is 2. The lowest BCUT2D eigenvalue weighted by atomic mass is 10.0. The molecule has 0 saturated heterocycles. The number of anilines is 1. The maximum atomic E-state index is 12.8. The van der Waals surface area contributed by atoms with Gasteiger partial charge in [0.25, 0.3) is 0 Å². The van der Waals surface area contributed by atoms with Gasteiger partial charge in [0.05, 0.1) is 5.25 Å². The molecule has 2 heterocycles. The Morgan fingerprint density at radius 2 is 1.50 bits per heavy atom. The first kappa shape index (κ1) is 21.9. The predicted molar refractivity (Wildman–Crippen MR) is 132 cm³/mol. The van der Waals surface area contributed by atoms with E-state index in [4.69, 9.17) is 14.5 Å². The normalized spacial score (nSPS) is 13.2. The Bertz CT molecular complexity index is 1300. The van der Waals surface area contributed by atoms with Crippen molar-refractivity contribution in [2.45, 2.75) is 17.3 Å². The van der Waals surface area contributed by atoms with Crippen LogP contribution in [0.2, 0.25) is 0 Å². The van der Waals surface area contributed by atoms with Gasteiger partial charge in [0.15, 0.2) is 11.5 Å². The number of nitrogens with one attached hydrogen (secondary N) is 1. The Labute approximate surface area is 201 Å². The fraction of sp³-hybridized carbons (Fsp3) is 0.154. The van der Waals surface area contributed by atoms with Crippen molar-refractivity contribution in [3.63, 3.8) is 0 Å². The number of hydrogen-bond donors (Lipinski definition) is 1. The highest BCUT2D eigenvalue weighted by atomic mass is 32.2. The fourth-order valence-electron chi connectivity index (χ4n) is 3.53. The maximum Gasteiger partial charge on any atom is 0.237 e. The van der Waals surface area contributed by atoms with Crippen molar-refractivity contribution in [1.82, 2.24) is 15.2 Å². The van der Waals surface area contributed by atoms with E-state index in [1.165, 1.54) is 11.8 Å². The van der Waals surface area contributed by atoms with Gasteiger partial charge in [-0.05, 0) is 19.1 Å². The van der Waals surface area contributed by atoms with Crippen LogP contribution in [0.25, 0.3) is 22.5 Å². The molecule has 5 rings (SSSR count). The molecule has 0 bridgehead atoms. The van der Waals surface area contributed by atoms with Gasteiger partial charge in [-0.3, -0.25) is 4.79 Å². The maximum absolute atomic E-state index is 12.8. The Morgan fingerprint density at radius 1 is 0.853 bits per heavy atom. The Hall–Kier alpha value is -3.91. The molecule has 170 valence electrons. The van der Waals surface area contributed by atoms with E-state index in [2.05, 4.69) is 15.5 Å². The summed E-state index contributed by atoms with van der Waals surface area (Å²) in [5, 5.41) is 11.7. The van der Waals surface area contributed by atoms with E-state index in [9.17, 15) is 4.79 Å². The average Bonchev–Trinajstić information content (AvgIpc) is 2.89. The minimum atomic E-state index is -0.443. The van der Waals surface area contributed by atoms with Crippen molar-refractivity contribution in [2.24, 2.45) is 0 Å². The van der Waals surface area contributed by atoms with Crippen LogP contribution in [0, 0.1) is 0 Å². The van der Waals surface area contributed by atoms with Gasteiger partial charge in [-0.1, -0.05) is 72.4 Å². The van der Waals surface area contributed by atoms with Crippen LogP contribution in [-0.4, -0.2) is 39.6 Å². The lowest BCUT2D eigenvalue weighted by molar-refractivity contribution is -0.115. The third kappa shape index (κ3) is 4.87. The van der Waals surface area contributed by atoms with Gasteiger partial charge >= 0.3 is 0 Å². The van der Waals surface area contributed by atoms with Gasteiger partial charge in [0.2, 0.25) is 11.1 Å². The van der Waals surface area contributed by atoms with Gasteiger partial charge in [-0.25, -0.2) is 4.98 Å². The molecule has 1 aliphatic heterocycles. The molecule has 0 radical (unpaired) electrons. The number of carbonyl (C=O) groups is 1. The lowest BCUT2D eigenvalue weighted by Crippen LogP contribution is -2.23. The lowest BCUT2D eigenvalue weighted by Gasteiger charge is -2.19. The number of rotatable bonds is 6. The van der Waals surface area contributed by atoms with Crippen molar-refractivity contribution in [2.75, 3.05) is 18.5 Å². The quantitative estimate of drug-likeness (QED) is 0.393. The fourth-order valence-corrected chi connectivity index (χ4v) is 4.24. The number of fused-ring (bicyclic) bond motifs is 1. The van der Waals surface area contributed by atoms with Gasteiger partial charge < -0.3 is 14.8 Å². The first-order valence-corrected chi connectivity index (χ1v) is 11.8. The van der Waals surface area contributed by atoms with Crippen molar-refractivity contribution in [3.8, 4) is 34.0 Å². The van der Waals surface area contributed by atoms with Gasteiger partial charge in [0.1, 0.15) is 24.6 Å². The minimum Gasteiger partial charge on any atom is -0.486 e. The van der Waals surface area contributed by atoms with E-state index >= 15 is 0 Å². The standard InChI is InChI=1S/C26H22N4O3S/c1-17(25(31)27-20-12-13-21-22(16-20)33-15-14-32-21)34-26-28-23(18-8-4-2-5-9-18)24(29-30-26)19-10-6-3-7-11-19/h2-13,16-17H,14-15H2,1H3,(H,27,31)/t17-/m1/s1. The summed E-state index contributed by atoms with van der Waals surface area (Å²) in [6.45, 7) is 2.83. The number of aromatic nitrogens is 3. The number of thioether (sulfide) groups is 1. The van der Waals surface area contributed by atoms with Crippen LogP contribution in [0.5, 0.6) is 11.5 Å². The third-order valence-electron chi connectivity index (χ3n) is 5.22. The molecular formula is C26H22N4O3S. The van der Waals surface area contributed by atoms with Crippen LogP contribution in [0.1, 0.15) is 6.92 Å². The number of carbonyl (C=O) groups excluding carboxylic acids is 1. The van der Waals surface area contributed by atoms with E-state index < -0.39 is 5.25 Å². The smallest absolute Gasteiger partial charge is 0.237 e. The summed E-state index contributed by atoms with van der Waals surface area (Å²) in [5.41, 5.74) is 3.94. The summed E-state index contributed by atoms with van der Waals surface area (Å²) in [7, 11) is 0. The second-order valence-corrected chi connectivity index (χ2v) is 8.94. The zero-order valence-electron chi connectivity index (χ0n) is 18.5. The van der Waals surface area contributed by atoms with E-state index in [-0.39, 0.29) is 5.91 Å². The van der Waals surface area contributed by atoms with Crippen molar-refractivity contribution in [3.05, 3.63) is 78.9 Å². The molecule has 0 spiro atoms. The molecular weight excluding hydrogens is 448 g/mol. The second-order valence-electron chi connectivity index (χ2n) is 7.63. The van der Waals surface area contributed by atoms with E-state index in [0.717, 1.165) is 16.8 Å². The van der Waals surface area contributed by atoms with Crippen molar-refractivity contribution < 1.29 is 14.3 Å². The Kier molecular flexibility index (Phi) is 6.40. The molecule has 1 amide bonds. The number of nitrogens with zero attached hydrogens (tertiary/aromatic N) is 3. The van der Waals surface area contributed by atoms with Gasteiger partial charge in [-0.2, -0.15) is 0 Å². The molecule has 1 atom stereocenters. The molecule has 4 aromatic rings. The molecule has 7 nitrogen and oxygen atoms in total. The molecule has 3 aromatic carbocycles. The van der Waals surface area contributed by atoms with Crippen LogP contribution in [-0.2, 0) is 4.79 Å². The van der Waals surface area contributed by atoms with E-state index in [1.54, 1.807) is 18.2 Å². The summed E-state index contributed by atoms with van der Waals surface area (Å²) in [6.07, 6.45) is 0. The van der Waals surface area contributed by atoms with Gasteiger partial charge in [-0.15, -0.1) is 10.2 Å². The zero-order chi connectivity index (χ0) is 23.3. The first-order chi connectivity index (χ1) is 16.7. The molecule has 1 aliphatic rings. The topological polar surface area (TPSA) is 86.2 Å². The minimum absolute atomic E-state index is 0.168. The molecule has 1 N–H and O–H groups in total. The molecule has 1 aromatic heterocycles. The number of amides is 1. The number of hydrogen-bond acceptors (Lipinski definition) is 7. The summed E-state index contributed by atoms with van der Waals surface area (Å²) in [6, 6.07) is 25.0. The monoisotopic (exact) mass is 470 g/mol. The molecule has 34 heavy (non-hydrogen) atoms. The summed E-state index contributed by atoms with van der Waals surface area (Å²) < 4.78 is 11.1. The molecule has 8 heteroatoms. The van der Waals surface area contributed by atoms with E-state index in [0.29, 0.717) is 41.3 Å². The van der Waals surface area contributed by atoms with Gasteiger partial charge in [0, 0.05) is 22.9 Å². The molecule has 0 unspecified atom stereocenters. The largest absolute Gasteiger partial charge is 0.486 e. The Balaban J connectivity index is 1.36. The first-order valence-electron chi connectivity index (χ1n) is 10.9. The summed E-state index contributed by atoms with van der Waals surface area (Å²) >= 11 is 1.26. The van der Waals surface area contributed by atoms with Crippen LogP contribution in [0.4, 0.5) is 5.69 Å². The molecule has 0 aliphatic carbocycles. The molecule has 0 saturated carbocycles. The highest BCUT2D eigenvalue weighted by Gasteiger charge is 2.20. The van der Waals surface area contributed by atoms with Crippen LogP contribution >= 0.6 is 11.8 Å². The van der Waals surface area contributed by atoms with Crippen molar-refractivity contribution in [1.29, 1.82) is 0 Å². The third-order valence-corrected chi connectivity index (χ3v) is 6.17. The summed E-state index contributed by atoms with van der Waals surface area (Å²) in [4.78, 5) is 17.6.